The Bertz CT molecular complexity index is 645. The van der Waals surface area contributed by atoms with Crippen molar-refractivity contribution in [1.82, 2.24) is 10.2 Å². The van der Waals surface area contributed by atoms with Gasteiger partial charge in [0.2, 0.25) is 0 Å². The molecule has 1 aliphatic rings. The van der Waals surface area contributed by atoms with Crippen LogP contribution in [0.5, 0.6) is 0 Å². The van der Waals surface area contributed by atoms with E-state index in [9.17, 15) is 0 Å². The first-order valence-corrected chi connectivity index (χ1v) is 18.3. The van der Waals surface area contributed by atoms with Gasteiger partial charge in [-0.05, 0) is 78.3 Å². The third-order valence-electron chi connectivity index (χ3n) is 8.22. The minimum absolute atomic E-state index is 0.0466. The van der Waals surface area contributed by atoms with E-state index in [0.717, 1.165) is 19.6 Å². The van der Waals surface area contributed by atoms with E-state index in [1.165, 1.54) is 141 Å². The summed E-state index contributed by atoms with van der Waals surface area (Å²) in [5, 5.41) is 3.79. The summed E-state index contributed by atoms with van der Waals surface area (Å²) in [4.78, 5) is 2.16. The molecule has 3 unspecified atom stereocenters. The van der Waals surface area contributed by atoms with Gasteiger partial charge in [-0.3, -0.25) is 5.32 Å². The molecular formula is C38H72N2O2. The fraction of sp³-hybridized carbons (Fsp3) is 0.842. The van der Waals surface area contributed by atoms with Gasteiger partial charge < -0.3 is 14.4 Å². The van der Waals surface area contributed by atoms with E-state index in [2.05, 4.69) is 74.6 Å². The number of rotatable bonds is 32. The summed E-state index contributed by atoms with van der Waals surface area (Å²) in [6, 6.07) is 0.562. The topological polar surface area (TPSA) is 37.0 Å². The fourth-order valence-corrected chi connectivity index (χ4v) is 5.38. The molecule has 4 nitrogen and oxygen atoms in total. The van der Waals surface area contributed by atoms with E-state index in [1.807, 2.05) is 0 Å². The van der Waals surface area contributed by atoms with Crippen molar-refractivity contribution in [2.45, 2.75) is 180 Å². The Morgan fingerprint density at radius 1 is 0.619 bits per heavy atom. The van der Waals surface area contributed by atoms with Crippen LogP contribution in [0.1, 0.15) is 162 Å². The van der Waals surface area contributed by atoms with Crippen LogP contribution >= 0.6 is 0 Å². The lowest BCUT2D eigenvalue weighted by Crippen LogP contribution is -2.33. The van der Waals surface area contributed by atoms with Crippen molar-refractivity contribution in [3.8, 4) is 0 Å². The van der Waals surface area contributed by atoms with Crippen LogP contribution in [0.4, 0.5) is 0 Å². The first-order chi connectivity index (χ1) is 20.7. The molecule has 0 amide bonds. The smallest absolute Gasteiger partial charge is 0.199 e. The van der Waals surface area contributed by atoms with Gasteiger partial charge >= 0.3 is 0 Å². The predicted octanol–water partition coefficient (Wildman–Crippen LogP) is 10.9. The lowest BCUT2D eigenvalue weighted by Gasteiger charge is -2.18. The largest absolute Gasteiger partial charge is 0.347 e. The summed E-state index contributed by atoms with van der Waals surface area (Å²) in [5.41, 5.74) is 0. The Morgan fingerprint density at radius 3 is 1.67 bits per heavy atom. The highest BCUT2D eigenvalue weighted by molar-refractivity contribution is 4.92. The van der Waals surface area contributed by atoms with E-state index in [1.54, 1.807) is 0 Å². The molecule has 0 spiro atoms. The maximum atomic E-state index is 5.88. The molecule has 3 atom stereocenters. The van der Waals surface area contributed by atoms with Crippen molar-refractivity contribution >= 4 is 0 Å². The van der Waals surface area contributed by atoms with Crippen molar-refractivity contribution in [2.24, 2.45) is 0 Å². The third-order valence-corrected chi connectivity index (χ3v) is 8.22. The second kappa shape index (κ2) is 30.1. The molecule has 1 N–H and O–H groups in total. The number of likely N-dealkylation sites (N-methyl/N-ethyl adjacent to an activating group) is 1. The highest BCUT2D eigenvalue weighted by Crippen LogP contribution is 2.24. The molecule has 1 fully saturated rings. The van der Waals surface area contributed by atoms with E-state index in [0.29, 0.717) is 6.04 Å². The van der Waals surface area contributed by atoms with E-state index in [-0.39, 0.29) is 12.5 Å². The van der Waals surface area contributed by atoms with Gasteiger partial charge in [-0.15, -0.1) is 0 Å². The number of ether oxygens (including phenoxy) is 2. The van der Waals surface area contributed by atoms with Crippen LogP contribution in [0, 0.1) is 0 Å². The van der Waals surface area contributed by atoms with Crippen LogP contribution in [-0.4, -0.2) is 50.7 Å². The van der Waals surface area contributed by atoms with Gasteiger partial charge in [0.1, 0.15) is 0 Å². The molecule has 0 saturated carbocycles. The van der Waals surface area contributed by atoms with Crippen molar-refractivity contribution in [3.63, 3.8) is 0 Å². The molecular weight excluding hydrogens is 516 g/mol. The first kappa shape index (κ1) is 39.1. The Kier molecular flexibility index (Phi) is 28.0. The third kappa shape index (κ3) is 26.7. The number of unbranched alkanes of at least 4 members (excludes halogenated alkanes) is 16. The summed E-state index contributed by atoms with van der Waals surface area (Å²) >= 11 is 0. The Hall–Kier alpha value is -0.940. The Labute approximate surface area is 263 Å². The van der Waals surface area contributed by atoms with Crippen molar-refractivity contribution < 1.29 is 9.47 Å². The zero-order valence-corrected chi connectivity index (χ0v) is 28.6. The van der Waals surface area contributed by atoms with Crippen molar-refractivity contribution in [3.05, 3.63) is 36.5 Å². The number of epoxide rings is 1. The number of hydrogen-bond donors (Lipinski definition) is 1. The quantitative estimate of drug-likeness (QED) is 0.0482. The number of nitrogens with one attached hydrogen (secondary N) is 1. The monoisotopic (exact) mass is 589 g/mol. The average molecular weight is 589 g/mol. The van der Waals surface area contributed by atoms with E-state index < -0.39 is 0 Å². The molecule has 1 rings (SSSR count). The number of hydrogen-bond acceptors (Lipinski definition) is 4. The first-order valence-electron chi connectivity index (χ1n) is 18.3. The van der Waals surface area contributed by atoms with Crippen molar-refractivity contribution in [2.75, 3.05) is 27.2 Å². The van der Waals surface area contributed by atoms with Crippen molar-refractivity contribution in [1.29, 1.82) is 0 Å². The Balaban J connectivity index is 2.12. The minimum Gasteiger partial charge on any atom is -0.347 e. The van der Waals surface area contributed by atoms with Gasteiger partial charge in [0.25, 0.3) is 0 Å². The average Bonchev–Trinajstić information content (AvgIpc) is 3.72. The second-order valence-electron chi connectivity index (χ2n) is 12.8. The van der Waals surface area contributed by atoms with Gasteiger partial charge in [-0.2, -0.15) is 0 Å². The summed E-state index contributed by atoms with van der Waals surface area (Å²) in [6.07, 6.45) is 44.4. The number of nitrogens with zero attached hydrogens (tertiary/aromatic N) is 1. The lowest BCUT2D eigenvalue weighted by molar-refractivity contribution is 0.0420. The lowest BCUT2D eigenvalue weighted by atomic mass is 9.99. The zero-order valence-electron chi connectivity index (χ0n) is 28.6. The second-order valence-corrected chi connectivity index (χ2v) is 12.8. The van der Waals surface area contributed by atoms with Crippen LogP contribution in [0.25, 0.3) is 0 Å². The predicted molar refractivity (Wildman–Crippen MR) is 185 cm³/mol. The molecule has 0 bridgehead atoms. The molecule has 0 radical (unpaired) electrons. The van der Waals surface area contributed by atoms with Gasteiger partial charge in [0.05, 0.1) is 6.61 Å². The van der Waals surface area contributed by atoms with Gasteiger partial charge in [0, 0.05) is 12.6 Å². The van der Waals surface area contributed by atoms with Crippen LogP contribution in [0.15, 0.2) is 36.5 Å². The van der Waals surface area contributed by atoms with E-state index >= 15 is 0 Å². The summed E-state index contributed by atoms with van der Waals surface area (Å²) < 4.78 is 11.7. The van der Waals surface area contributed by atoms with E-state index in [4.69, 9.17) is 9.47 Å². The molecule has 246 valence electrons. The molecule has 4 heteroatoms. The van der Waals surface area contributed by atoms with Gasteiger partial charge in [0.15, 0.2) is 12.5 Å². The van der Waals surface area contributed by atoms with Gasteiger partial charge in [-0.25, -0.2) is 0 Å². The Morgan fingerprint density at radius 2 is 1.12 bits per heavy atom. The van der Waals surface area contributed by atoms with Crippen LogP contribution in [0.2, 0.25) is 0 Å². The zero-order chi connectivity index (χ0) is 30.4. The molecule has 1 saturated heterocycles. The molecule has 42 heavy (non-hydrogen) atoms. The minimum atomic E-state index is -0.0466. The maximum Gasteiger partial charge on any atom is 0.199 e. The molecule has 1 aliphatic heterocycles. The van der Waals surface area contributed by atoms with Crippen LogP contribution in [-0.2, 0) is 9.47 Å². The highest BCUT2D eigenvalue weighted by atomic mass is 16.8. The maximum absolute atomic E-state index is 5.88. The molecule has 1 heterocycles. The highest BCUT2D eigenvalue weighted by Gasteiger charge is 2.41. The summed E-state index contributed by atoms with van der Waals surface area (Å²) in [6.45, 7) is 6.20. The fourth-order valence-electron chi connectivity index (χ4n) is 5.38. The SMILES string of the molecule is CCC/C=C\CCCCCCCCC(CCCCCCCC/C=C\C/C=C\CCCCC)NC1OC1OCCN(C)C. The number of allylic oxidation sites excluding steroid dienone is 6. The molecule has 0 aromatic heterocycles. The van der Waals surface area contributed by atoms with Gasteiger partial charge in [-0.1, -0.05) is 134 Å². The molecule has 0 aromatic rings. The summed E-state index contributed by atoms with van der Waals surface area (Å²) in [5.74, 6) is 0. The molecule has 0 aromatic carbocycles. The standard InChI is InChI=1S/C38H72N2O2/c1-5-7-9-11-13-15-17-18-19-20-21-23-25-27-29-31-33-36(39-37-38(42-37)41-35-34-40(3)4)32-30-28-26-24-22-16-14-12-10-8-6-2/h10,12-13,15,18-19,36-39H,5-9,11,14,16-17,20-35H2,1-4H3/b12-10-,15-13-,19-18-. The van der Waals surface area contributed by atoms with Crippen LogP contribution in [0.3, 0.4) is 0 Å². The summed E-state index contributed by atoms with van der Waals surface area (Å²) in [7, 11) is 4.17. The normalized spacial score (nSPS) is 17.9. The van der Waals surface area contributed by atoms with Crippen LogP contribution < -0.4 is 5.32 Å². The molecule has 0 aliphatic carbocycles.